The van der Waals surface area contributed by atoms with Crippen LogP contribution in [0.1, 0.15) is 12.0 Å². The minimum absolute atomic E-state index is 0.205. The smallest absolute Gasteiger partial charge is 0.308 e. The molecule has 1 aromatic rings. The average molecular weight is 219 g/mol. The normalized spacial score (nSPS) is 24.5. The molecule has 1 fully saturated rings. The molecule has 1 aromatic carbocycles. The van der Waals surface area contributed by atoms with Gasteiger partial charge in [0.15, 0.2) is 0 Å². The van der Waals surface area contributed by atoms with Crippen LogP contribution in [0.3, 0.4) is 0 Å². The SMILES string of the molecule is O=C(O)[C@@H]1CNC[C@H]1CCc1ccccc1. The summed E-state index contributed by atoms with van der Waals surface area (Å²) in [4.78, 5) is 11.0. The molecule has 0 spiro atoms. The largest absolute Gasteiger partial charge is 0.481 e. The first-order valence-electron chi connectivity index (χ1n) is 5.75. The van der Waals surface area contributed by atoms with E-state index in [9.17, 15) is 4.79 Å². The van der Waals surface area contributed by atoms with Gasteiger partial charge in [0.2, 0.25) is 0 Å². The number of aliphatic carboxylic acids is 1. The van der Waals surface area contributed by atoms with Gasteiger partial charge in [0, 0.05) is 6.54 Å². The van der Waals surface area contributed by atoms with Gasteiger partial charge >= 0.3 is 5.97 Å². The van der Waals surface area contributed by atoms with Gasteiger partial charge in [-0.2, -0.15) is 0 Å². The van der Waals surface area contributed by atoms with Gasteiger partial charge < -0.3 is 10.4 Å². The summed E-state index contributed by atoms with van der Waals surface area (Å²) in [6.07, 6.45) is 1.92. The summed E-state index contributed by atoms with van der Waals surface area (Å²) in [6, 6.07) is 10.2. The lowest BCUT2D eigenvalue weighted by Crippen LogP contribution is -2.22. The van der Waals surface area contributed by atoms with E-state index in [1.54, 1.807) is 0 Å². The monoisotopic (exact) mass is 219 g/mol. The second-order valence-corrected chi connectivity index (χ2v) is 4.39. The highest BCUT2D eigenvalue weighted by atomic mass is 16.4. The van der Waals surface area contributed by atoms with Crippen molar-refractivity contribution in [2.24, 2.45) is 11.8 Å². The molecule has 2 rings (SSSR count). The van der Waals surface area contributed by atoms with Gasteiger partial charge in [0.05, 0.1) is 5.92 Å². The van der Waals surface area contributed by atoms with Crippen LogP contribution < -0.4 is 5.32 Å². The predicted octanol–water partition coefficient (Wildman–Crippen LogP) is 1.54. The van der Waals surface area contributed by atoms with Crippen LogP contribution in [0.5, 0.6) is 0 Å². The van der Waals surface area contributed by atoms with Crippen molar-refractivity contribution in [1.82, 2.24) is 5.32 Å². The van der Waals surface area contributed by atoms with E-state index in [0.717, 1.165) is 19.4 Å². The standard InChI is InChI=1S/C13H17NO2/c15-13(16)12-9-14-8-11(12)7-6-10-4-2-1-3-5-10/h1-5,11-12,14H,6-9H2,(H,15,16)/t11-,12-/m1/s1. The van der Waals surface area contributed by atoms with E-state index in [-0.39, 0.29) is 11.8 Å². The molecule has 0 unspecified atom stereocenters. The molecular weight excluding hydrogens is 202 g/mol. The van der Waals surface area contributed by atoms with Gasteiger partial charge in [-0.15, -0.1) is 0 Å². The Balaban J connectivity index is 1.88. The maximum absolute atomic E-state index is 11.0. The quantitative estimate of drug-likeness (QED) is 0.807. The minimum atomic E-state index is -0.664. The number of hydrogen-bond donors (Lipinski definition) is 2. The number of benzene rings is 1. The lowest BCUT2D eigenvalue weighted by Gasteiger charge is -2.14. The topological polar surface area (TPSA) is 49.3 Å². The number of hydrogen-bond acceptors (Lipinski definition) is 2. The van der Waals surface area contributed by atoms with Crippen molar-refractivity contribution in [3.8, 4) is 0 Å². The van der Waals surface area contributed by atoms with Crippen LogP contribution in [-0.2, 0) is 11.2 Å². The van der Waals surface area contributed by atoms with Gasteiger partial charge in [-0.1, -0.05) is 30.3 Å². The Labute approximate surface area is 95.5 Å². The Morgan fingerprint density at radius 3 is 2.75 bits per heavy atom. The third kappa shape index (κ3) is 2.61. The number of carboxylic acids is 1. The van der Waals surface area contributed by atoms with Crippen molar-refractivity contribution in [1.29, 1.82) is 0 Å². The molecule has 1 saturated heterocycles. The Hall–Kier alpha value is -1.35. The molecule has 0 aromatic heterocycles. The lowest BCUT2D eigenvalue weighted by molar-refractivity contribution is -0.142. The summed E-state index contributed by atoms with van der Waals surface area (Å²) < 4.78 is 0. The first-order valence-corrected chi connectivity index (χ1v) is 5.75. The Bertz CT molecular complexity index is 350. The van der Waals surface area contributed by atoms with Crippen molar-refractivity contribution >= 4 is 5.97 Å². The molecule has 1 aliphatic rings. The fourth-order valence-electron chi connectivity index (χ4n) is 2.32. The Kier molecular flexibility index (Phi) is 3.57. The van der Waals surface area contributed by atoms with E-state index < -0.39 is 5.97 Å². The Morgan fingerprint density at radius 1 is 1.31 bits per heavy atom. The van der Waals surface area contributed by atoms with Crippen molar-refractivity contribution < 1.29 is 9.90 Å². The van der Waals surface area contributed by atoms with E-state index in [1.807, 2.05) is 18.2 Å². The third-order valence-corrected chi connectivity index (χ3v) is 3.30. The molecule has 1 heterocycles. The molecule has 0 aliphatic carbocycles. The Morgan fingerprint density at radius 2 is 2.06 bits per heavy atom. The first-order chi connectivity index (χ1) is 7.77. The van der Waals surface area contributed by atoms with Crippen LogP contribution in [0.2, 0.25) is 0 Å². The average Bonchev–Trinajstić information content (AvgIpc) is 2.76. The van der Waals surface area contributed by atoms with Crippen molar-refractivity contribution in [3.63, 3.8) is 0 Å². The van der Waals surface area contributed by atoms with Crippen LogP contribution in [0.4, 0.5) is 0 Å². The second-order valence-electron chi connectivity index (χ2n) is 4.39. The van der Waals surface area contributed by atoms with E-state index in [4.69, 9.17) is 5.11 Å². The van der Waals surface area contributed by atoms with E-state index in [0.29, 0.717) is 6.54 Å². The van der Waals surface area contributed by atoms with Crippen LogP contribution in [0, 0.1) is 11.8 Å². The van der Waals surface area contributed by atoms with Crippen molar-refractivity contribution in [2.45, 2.75) is 12.8 Å². The fourth-order valence-corrected chi connectivity index (χ4v) is 2.32. The minimum Gasteiger partial charge on any atom is -0.481 e. The molecule has 2 atom stereocenters. The summed E-state index contributed by atoms with van der Waals surface area (Å²) in [5, 5.41) is 12.2. The maximum Gasteiger partial charge on any atom is 0.308 e. The summed E-state index contributed by atoms with van der Waals surface area (Å²) in [5.41, 5.74) is 1.29. The number of nitrogens with one attached hydrogen (secondary N) is 1. The maximum atomic E-state index is 11.0. The van der Waals surface area contributed by atoms with Gasteiger partial charge in [-0.25, -0.2) is 0 Å². The summed E-state index contributed by atoms with van der Waals surface area (Å²) in [7, 11) is 0. The van der Waals surface area contributed by atoms with E-state index in [2.05, 4.69) is 17.4 Å². The van der Waals surface area contributed by atoms with E-state index in [1.165, 1.54) is 5.56 Å². The van der Waals surface area contributed by atoms with Crippen LogP contribution >= 0.6 is 0 Å². The molecule has 0 saturated carbocycles. The van der Waals surface area contributed by atoms with Gasteiger partial charge in [-0.05, 0) is 30.9 Å². The molecule has 2 N–H and O–H groups in total. The molecule has 16 heavy (non-hydrogen) atoms. The predicted molar refractivity (Wildman–Crippen MR) is 62.2 cm³/mol. The zero-order valence-corrected chi connectivity index (χ0v) is 9.23. The number of aryl methyl sites for hydroxylation is 1. The molecule has 86 valence electrons. The number of carbonyl (C=O) groups is 1. The lowest BCUT2D eigenvalue weighted by atomic mass is 9.90. The van der Waals surface area contributed by atoms with Crippen molar-refractivity contribution in [3.05, 3.63) is 35.9 Å². The summed E-state index contributed by atoms with van der Waals surface area (Å²) >= 11 is 0. The van der Waals surface area contributed by atoms with Crippen LogP contribution in [0.25, 0.3) is 0 Å². The summed E-state index contributed by atoms with van der Waals surface area (Å²) in [6.45, 7) is 1.46. The molecule has 3 nitrogen and oxygen atoms in total. The zero-order chi connectivity index (χ0) is 11.4. The first kappa shape index (κ1) is 11.1. The molecule has 1 aliphatic heterocycles. The number of carboxylic acid groups (broad SMARTS) is 1. The van der Waals surface area contributed by atoms with Crippen LogP contribution in [0.15, 0.2) is 30.3 Å². The highest BCUT2D eigenvalue weighted by Crippen LogP contribution is 2.22. The molecule has 0 amide bonds. The highest BCUT2D eigenvalue weighted by molar-refractivity contribution is 5.71. The number of rotatable bonds is 4. The molecule has 0 radical (unpaired) electrons. The van der Waals surface area contributed by atoms with Gasteiger partial charge in [0.1, 0.15) is 0 Å². The fraction of sp³-hybridized carbons (Fsp3) is 0.462. The summed E-state index contributed by atoms with van der Waals surface area (Å²) in [5.74, 6) is -0.593. The van der Waals surface area contributed by atoms with Crippen LogP contribution in [-0.4, -0.2) is 24.2 Å². The molecular formula is C13H17NO2. The van der Waals surface area contributed by atoms with Gasteiger partial charge in [0.25, 0.3) is 0 Å². The highest BCUT2D eigenvalue weighted by Gasteiger charge is 2.32. The molecule has 3 heteroatoms. The zero-order valence-electron chi connectivity index (χ0n) is 9.23. The second kappa shape index (κ2) is 5.12. The van der Waals surface area contributed by atoms with Crippen molar-refractivity contribution in [2.75, 3.05) is 13.1 Å². The van der Waals surface area contributed by atoms with E-state index >= 15 is 0 Å². The van der Waals surface area contributed by atoms with Gasteiger partial charge in [-0.3, -0.25) is 4.79 Å². The third-order valence-electron chi connectivity index (χ3n) is 3.30. The molecule has 0 bridgehead atoms.